The summed E-state index contributed by atoms with van der Waals surface area (Å²) >= 11 is 0. The number of benzene rings is 2. The third-order valence-corrected chi connectivity index (χ3v) is 2.75. The zero-order chi connectivity index (χ0) is 14.4. The first-order chi connectivity index (χ1) is 9.69. The van der Waals surface area contributed by atoms with Crippen LogP contribution >= 0.6 is 0 Å². The molecule has 0 aliphatic heterocycles. The lowest BCUT2D eigenvalue weighted by Gasteiger charge is -2.03. The fraction of sp³-hybridized carbons (Fsp3) is 0.0588. The second kappa shape index (κ2) is 6.48. The second-order valence-corrected chi connectivity index (χ2v) is 4.32. The summed E-state index contributed by atoms with van der Waals surface area (Å²) in [5.74, 6) is -0.249. The van der Waals surface area contributed by atoms with Crippen LogP contribution in [-0.4, -0.2) is 12.3 Å². The SMILES string of the molecule is Cc1ccc(/C=C/C(=O)Oc2ccccc2C=O)cc1. The number of hydrogen-bond donors (Lipinski definition) is 0. The molecule has 0 amide bonds. The number of hydrogen-bond acceptors (Lipinski definition) is 3. The molecule has 2 rings (SSSR count). The van der Waals surface area contributed by atoms with Crippen LogP contribution in [0.25, 0.3) is 6.08 Å². The highest BCUT2D eigenvalue weighted by Gasteiger charge is 2.05. The van der Waals surface area contributed by atoms with Gasteiger partial charge in [-0.05, 0) is 30.7 Å². The zero-order valence-corrected chi connectivity index (χ0v) is 11.1. The van der Waals surface area contributed by atoms with E-state index >= 15 is 0 Å². The third kappa shape index (κ3) is 3.65. The molecule has 0 N–H and O–H groups in total. The molecule has 0 fully saturated rings. The maximum atomic E-state index is 11.7. The van der Waals surface area contributed by atoms with Gasteiger partial charge in [0.2, 0.25) is 0 Å². The monoisotopic (exact) mass is 266 g/mol. The highest BCUT2D eigenvalue weighted by atomic mass is 16.5. The Bertz CT molecular complexity index is 640. The van der Waals surface area contributed by atoms with Crippen molar-refractivity contribution < 1.29 is 14.3 Å². The predicted octanol–water partition coefficient (Wildman–Crippen LogP) is 3.43. The molecule has 0 heterocycles. The Kier molecular flexibility index (Phi) is 4.45. The largest absolute Gasteiger partial charge is 0.423 e. The minimum absolute atomic E-state index is 0.265. The van der Waals surface area contributed by atoms with Gasteiger partial charge in [0.25, 0.3) is 0 Å². The summed E-state index contributed by atoms with van der Waals surface area (Å²) in [6.45, 7) is 2.00. The Hall–Kier alpha value is -2.68. The molecule has 3 nitrogen and oxygen atoms in total. The Morgan fingerprint density at radius 3 is 2.45 bits per heavy atom. The molecule has 0 atom stereocenters. The van der Waals surface area contributed by atoms with Crippen LogP contribution in [0.15, 0.2) is 54.6 Å². The van der Waals surface area contributed by atoms with Crippen molar-refractivity contribution in [2.75, 3.05) is 0 Å². The van der Waals surface area contributed by atoms with Crippen LogP contribution in [0.1, 0.15) is 21.5 Å². The van der Waals surface area contributed by atoms with Crippen molar-refractivity contribution in [1.29, 1.82) is 0 Å². The van der Waals surface area contributed by atoms with Gasteiger partial charge in [0.15, 0.2) is 6.29 Å². The van der Waals surface area contributed by atoms with Gasteiger partial charge < -0.3 is 4.74 Å². The van der Waals surface area contributed by atoms with Crippen molar-refractivity contribution in [2.45, 2.75) is 6.92 Å². The molecule has 0 saturated heterocycles. The van der Waals surface area contributed by atoms with Crippen LogP contribution in [0, 0.1) is 6.92 Å². The molecular weight excluding hydrogens is 252 g/mol. The van der Waals surface area contributed by atoms with E-state index in [1.54, 1.807) is 30.3 Å². The molecule has 3 heteroatoms. The van der Waals surface area contributed by atoms with E-state index in [9.17, 15) is 9.59 Å². The first kappa shape index (κ1) is 13.7. The number of rotatable bonds is 4. The van der Waals surface area contributed by atoms with Crippen molar-refractivity contribution in [3.8, 4) is 5.75 Å². The zero-order valence-electron chi connectivity index (χ0n) is 11.1. The van der Waals surface area contributed by atoms with Crippen LogP contribution in [0.2, 0.25) is 0 Å². The van der Waals surface area contributed by atoms with Crippen LogP contribution < -0.4 is 4.74 Å². The summed E-state index contributed by atoms with van der Waals surface area (Å²) in [5, 5.41) is 0. The van der Waals surface area contributed by atoms with E-state index in [4.69, 9.17) is 4.74 Å². The third-order valence-electron chi connectivity index (χ3n) is 2.75. The average molecular weight is 266 g/mol. The van der Waals surface area contributed by atoms with E-state index in [0.717, 1.165) is 11.1 Å². The van der Waals surface area contributed by atoms with E-state index in [-0.39, 0.29) is 5.75 Å². The van der Waals surface area contributed by atoms with Crippen LogP contribution in [0.4, 0.5) is 0 Å². The van der Waals surface area contributed by atoms with Gasteiger partial charge in [-0.3, -0.25) is 4.79 Å². The van der Waals surface area contributed by atoms with E-state index in [1.807, 2.05) is 31.2 Å². The average Bonchev–Trinajstić information content (AvgIpc) is 2.47. The first-order valence-electron chi connectivity index (χ1n) is 6.20. The molecule has 0 unspecified atom stereocenters. The number of ether oxygens (including phenoxy) is 1. The Morgan fingerprint density at radius 2 is 1.75 bits per heavy atom. The van der Waals surface area contributed by atoms with Gasteiger partial charge in [0.1, 0.15) is 5.75 Å². The Balaban J connectivity index is 2.05. The van der Waals surface area contributed by atoms with Gasteiger partial charge in [0.05, 0.1) is 5.56 Å². The van der Waals surface area contributed by atoms with Crippen LogP contribution in [0.3, 0.4) is 0 Å². The minimum atomic E-state index is -0.514. The van der Waals surface area contributed by atoms with Gasteiger partial charge in [-0.1, -0.05) is 42.0 Å². The van der Waals surface area contributed by atoms with Crippen LogP contribution in [0.5, 0.6) is 5.75 Å². The molecule has 0 saturated carbocycles. The van der Waals surface area contributed by atoms with Gasteiger partial charge in [0, 0.05) is 6.08 Å². The molecule has 20 heavy (non-hydrogen) atoms. The quantitative estimate of drug-likeness (QED) is 0.368. The molecule has 0 spiro atoms. The smallest absolute Gasteiger partial charge is 0.336 e. The molecule has 0 aromatic heterocycles. The Morgan fingerprint density at radius 1 is 1.05 bits per heavy atom. The molecule has 0 aliphatic rings. The highest BCUT2D eigenvalue weighted by molar-refractivity contribution is 5.90. The standard InChI is InChI=1S/C17H14O3/c1-13-6-8-14(9-7-13)10-11-17(19)20-16-5-3-2-4-15(16)12-18/h2-12H,1H3/b11-10+. The summed E-state index contributed by atoms with van der Waals surface area (Å²) in [4.78, 5) is 22.5. The minimum Gasteiger partial charge on any atom is -0.423 e. The second-order valence-electron chi connectivity index (χ2n) is 4.32. The lowest BCUT2D eigenvalue weighted by Crippen LogP contribution is -2.05. The predicted molar refractivity (Wildman–Crippen MR) is 77.7 cm³/mol. The van der Waals surface area contributed by atoms with Gasteiger partial charge in [-0.25, -0.2) is 4.79 Å². The summed E-state index contributed by atoms with van der Waals surface area (Å²) in [6, 6.07) is 14.4. The summed E-state index contributed by atoms with van der Waals surface area (Å²) in [6.07, 6.45) is 3.67. The fourth-order valence-electron chi connectivity index (χ4n) is 1.66. The number of carbonyl (C=O) groups excluding carboxylic acids is 2. The number of para-hydroxylation sites is 1. The molecule has 2 aromatic rings. The molecule has 0 bridgehead atoms. The number of carbonyl (C=O) groups is 2. The topological polar surface area (TPSA) is 43.4 Å². The van der Waals surface area contributed by atoms with Crippen molar-refractivity contribution in [3.63, 3.8) is 0 Å². The number of aldehydes is 1. The van der Waals surface area contributed by atoms with Gasteiger partial charge in [-0.15, -0.1) is 0 Å². The molecule has 2 aromatic carbocycles. The maximum absolute atomic E-state index is 11.7. The van der Waals surface area contributed by atoms with Crippen molar-refractivity contribution in [1.82, 2.24) is 0 Å². The lowest BCUT2D eigenvalue weighted by atomic mass is 10.1. The molecule has 0 radical (unpaired) electrons. The van der Waals surface area contributed by atoms with Crippen molar-refractivity contribution >= 4 is 18.3 Å². The van der Waals surface area contributed by atoms with E-state index in [1.165, 1.54) is 6.08 Å². The van der Waals surface area contributed by atoms with Gasteiger partial charge >= 0.3 is 5.97 Å². The molecule has 0 aliphatic carbocycles. The van der Waals surface area contributed by atoms with Crippen molar-refractivity contribution in [2.24, 2.45) is 0 Å². The van der Waals surface area contributed by atoms with Crippen molar-refractivity contribution in [3.05, 3.63) is 71.3 Å². The van der Waals surface area contributed by atoms with E-state index in [2.05, 4.69) is 0 Å². The highest BCUT2D eigenvalue weighted by Crippen LogP contribution is 2.16. The first-order valence-corrected chi connectivity index (χ1v) is 6.20. The lowest BCUT2D eigenvalue weighted by molar-refractivity contribution is -0.128. The van der Waals surface area contributed by atoms with E-state index < -0.39 is 5.97 Å². The van der Waals surface area contributed by atoms with Crippen LogP contribution in [-0.2, 0) is 4.79 Å². The normalized spacial score (nSPS) is 10.4. The fourth-order valence-corrected chi connectivity index (χ4v) is 1.66. The summed E-state index contributed by atoms with van der Waals surface area (Å²) in [7, 11) is 0. The van der Waals surface area contributed by atoms with Gasteiger partial charge in [-0.2, -0.15) is 0 Å². The summed E-state index contributed by atoms with van der Waals surface area (Å²) in [5.41, 5.74) is 2.42. The number of aryl methyl sites for hydroxylation is 1. The van der Waals surface area contributed by atoms with E-state index in [0.29, 0.717) is 11.8 Å². The summed E-state index contributed by atoms with van der Waals surface area (Å²) < 4.78 is 5.12. The molecule has 100 valence electrons. The maximum Gasteiger partial charge on any atom is 0.336 e. The number of esters is 1. The Labute approximate surface area is 117 Å². The molecular formula is C17H14O3.